The van der Waals surface area contributed by atoms with Gasteiger partial charge in [0.15, 0.2) is 0 Å². The van der Waals surface area contributed by atoms with Crippen LogP contribution in [0, 0.1) is 0 Å². The van der Waals surface area contributed by atoms with Crippen LogP contribution in [0.15, 0.2) is 24.3 Å². The van der Waals surface area contributed by atoms with Gasteiger partial charge >= 0.3 is 0 Å². The standard InChI is InChI=1S/C11H6Cl2N2/c12-10-8-5-6-3-1-2-4-7(6)9(8)14-11(13)15-10/h1-4H,5H2. The Morgan fingerprint density at radius 1 is 1.07 bits per heavy atom. The van der Waals surface area contributed by atoms with Crippen molar-refractivity contribution in [3.63, 3.8) is 0 Å². The molecule has 0 saturated carbocycles. The van der Waals surface area contributed by atoms with E-state index in [0.29, 0.717) is 5.15 Å². The van der Waals surface area contributed by atoms with E-state index in [9.17, 15) is 0 Å². The molecule has 2 aromatic rings. The number of benzene rings is 1. The molecule has 0 fully saturated rings. The van der Waals surface area contributed by atoms with E-state index in [4.69, 9.17) is 23.2 Å². The molecule has 1 aliphatic carbocycles. The van der Waals surface area contributed by atoms with E-state index >= 15 is 0 Å². The van der Waals surface area contributed by atoms with Gasteiger partial charge in [-0.05, 0) is 17.2 Å². The molecule has 0 unspecified atom stereocenters. The summed E-state index contributed by atoms with van der Waals surface area (Å²) in [6.07, 6.45) is 0.793. The summed E-state index contributed by atoms with van der Waals surface area (Å²) in [5, 5.41) is 0.664. The lowest BCUT2D eigenvalue weighted by Gasteiger charge is -2.00. The maximum atomic E-state index is 6.03. The van der Waals surface area contributed by atoms with Gasteiger partial charge in [0.05, 0.1) is 5.69 Å². The molecule has 0 atom stereocenters. The van der Waals surface area contributed by atoms with E-state index < -0.39 is 0 Å². The van der Waals surface area contributed by atoms with Crippen molar-refractivity contribution in [3.8, 4) is 11.3 Å². The highest BCUT2D eigenvalue weighted by molar-refractivity contribution is 6.32. The predicted molar refractivity (Wildman–Crippen MR) is 60.3 cm³/mol. The second-order valence-corrected chi connectivity index (χ2v) is 4.14. The van der Waals surface area contributed by atoms with Crippen molar-refractivity contribution in [2.75, 3.05) is 0 Å². The summed E-state index contributed by atoms with van der Waals surface area (Å²) in [6, 6.07) is 8.09. The summed E-state index contributed by atoms with van der Waals surface area (Å²) in [4.78, 5) is 8.17. The normalized spacial score (nSPS) is 12.4. The topological polar surface area (TPSA) is 25.8 Å². The number of halogens is 2. The molecule has 4 heteroatoms. The third kappa shape index (κ3) is 1.33. The zero-order valence-corrected chi connectivity index (χ0v) is 9.18. The molecule has 0 spiro atoms. The Labute approximate surface area is 96.9 Å². The Balaban J connectivity index is 2.33. The SMILES string of the molecule is Clc1nc(Cl)c2c(n1)-c1ccccc1C2. The van der Waals surface area contributed by atoms with Gasteiger partial charge in [-0.25, -0.2) is 9.97 Å². The maximum Gasteiger partial charge on any atom is 0.224 e. The van der Waals surface area contributed by atoms with Crippen LogP contribution in [-0.4, -0.2) is 9.97 Å². The number of aromatic nitrogens is 2. The number of hydrogen-bond acceptors (Lipinski definition) is 2. The van der Waals surface area contributed by atoms with Gasteiger partial charge in [0.1, 0.15) is 5.15 Å². The molecule has 0 amide bonds. The van der Waals surface area contributed by atoms with E-state index in [0.717, 1.165) is 23.2 Å². The van der Waals surface area contributed by atoms with Gasteiger partial charge in [-0.1, -0.05) is 35.9 Å². The Morgan fingerprint density at radius 3 is 2.73 bits per heavy atom. The lowest BCUT2D eigenvalue weighted by atomic mass is 10.1. The molecule has 0 N–H and O–H groups in total. The Kier molecular flexibility index (Phi) is 1.94. The van der Waals surface area contributed by atoms with Crippen LogP contribution in [0.3, 0.4) is 0 Å². The first-order chi connectivity index (χ1) is 7.25. The fourth-order valence-electron chi connectivity index (χ4n) is 1.91. The number of fused-ring (bicyclic) bond motifs is 3. The molecular weight excluding hydrogens is 231 g/mol. The van der Waals surface area contributed by atoms with Gasteiger partial charge in [-0.15, -0.1) is 0 Å². The summed E-state index contributed by atoms with van der Waals surface area (Å²) in [5.74, 6) is 0. The third-order valence-electron chi connectivity index (χ3n) is 2.57. The minimum atomic E-state index is 0.204. The maximum absolute atomic E-state index is 6.03. The summed E-state index contributed by atoms with van der Waals surface area (Å²) in [6.45, 7) is 0. The minimum absolute atomic E-state index is 0.204. The molecule has 2 nitrogen and oxygen atoms in total. The zero-order chi connectivity index (χ0) is 10.4. The molecule has 0 saturated heterocycles. The van der Waals surface area contributed by atoms with Gasteiger partial charge in [0.2, 0.25) is 5.28 Å². The highest BCUT2D eigenvalue weighted by Crippen LogP contribution is 2.38. The zero-order valence-electron chi connectivity index (χ0n) is 7.67. The lowest BCUT2D eigenvalue weighted by molar-refractivity contribution is 1.12. The van der Waals surface area contributed by atoms with Gasteiger partial charge in [0, 0.05) is 17.5 Å². The van der Waals surface area contributed by atoms with E-state index in [-0.39, 0.29) is 5.28 Å². The van der Waals surface area contributed by atoms with Gasteiger partial charge < -0.3 is 0 Å². The summed E-state index contributed by atoms with van der Waals surface area (Å²) >= 11 is 11.8. The molecule has 1 aromatic heterocycles. The van der Waals surface area contributed by atoms with E-state index in [2.05, 4.69) is 16.0 Å². The van der Waals surface area contributed by atoms with Crippen LogP contribution in [0.5, 0.6) is 0 Å². The van der Waals surface area contributed by atoms with Crippen LogP contribution in [0.4, 0.5) is 0 Å². The summed E-state index contributed by atoms with van der Waals surface area (Å²) in [7, 11) is 0. The van der Waals surface area contributed by atoms with Crippen molar-refractivity contribution < 1.29 is 0 Å². The molecule has 1 heterocycles. The first kappa shape index (κ1) is 9.13. The molecule has 0 radical (unpaired) electrons. The molecular formula is C11H6Cl2N2. The highest BCUT2D eigenvalue weighted by atomic mass is 35.5. The van der Waals surface area contributed by atoms with Crippen molar-refractivity contribution in [1.29, 1.82) is 0 Å². The Bertz CT molecular complexity index is 552. The molecule has 1 aliphatic rings. The van der Waals surface area contributed by atoms with Crippen molar-refractivity contribution >= 4 is 23.2 Å². The Morgan fingerprint density at radius 2 is 1.87 bits per heavy atom. The summed E-state index contributed by atoms with van der Waals surface area (Å²) < 4.78 is 0. The molecule has 1 aromatic carbocycles. The smallest absolute Gasteiger partial charge is 0.217 e. The van der Waals surface area contributed by atoms with E-state index in [1.165, 1.54) is 5.56 Å². The highest BCUT2D eigenvalue weighted by Gasteiger charge is 2.23. The Hall–Kier alpha value is -1.12. The quantitative estimate of drug-likeness (QED) is 0.442. The van der Waals surface area contributed by atoms with Crippen LogP contribution < -0.4 is 0 Å². The van der Waals surface area contributed by atoms with Crippen molar-refractivity contribution in [2.24, 2.45) is 0 Å². The van der Waals surface area contributed by atoms with Gasteiger partial charge in [-0.3, -0.25) is 0 Å². The van der Waals surface area contributed by atoms with Gasteiger partial charge in [0.25, 0.3) is 0 Å². The lowest BCUT2D eigenvalue weighted by Crippen LogP contribution is -1.91. The van der Waals surface area contributed by atoms with Crippen LogP contribution in [-0.2, 0) is 6.42 Å². The van der Waals surface area contributed by atoms with Crippen LogP contribution in [0.25, 0.3) is 11.3 Å². The predicted octanol–water partition coefficient (Wildman–Crippen LogP) is 3.35. The first-order valence-corrected chi connectivity index (χ1v) is 5.31. The van der Waals surface area contributed by atoms with Gasteiger partial charge in [-0.2, -0.15) is 0 Å². The molecule has 0 bridgehead atoms. The van der Waals surface area contributed by atoms with Crippen molar-refractivity contribution in [1.82, 2.24) is 9.97 Å². The monoisotopic (exact) mass is 236 g/mol. The van der Waals surface area contributed by atoms with E-state index in [1.807, 2.05) is 18.2 Å². The second-order valence-electron chi connectivity index (χ2n) is 3.44. The molecule has 0 aliphatic heterocycles. The third-order valence-corrected chi connectivity index (χ3v) is 3.05. The number of hydrogen-bond donors (Lipinski definition) is 0. The average Bonchev–Trinajstić information content (AvgIpc) is 2.57. The minimum Gasteiger partial charge on any atom is -0.217 e. The summed E-state index contributed by atoms with van der Waals surface area (Å²) in [5.41, 5.74) is 4.18. The second kappa shape index (κ2) is 3.19. The van der Waals surface area contributed by atoms with Crippen LogP contribution in [0.1, 0.15) is 11.1 Å². The molecule has 15 heavy (non-hydrogen) atoms. The number of rotatable bonds is 0. The largest absolute Gasteiger partial charge is 0.224 e. The fraction of sp³-hybridized carbons (Fsp3) is 0.0909. The molecule has 3 rings (SSSR count). The van der Waals surface area contributed by atoms with E-state index in [1.54, 1.807) is 0 Å². The number of nitrogens with zero attached hydrogens (tertiary/aromatic N) is 2. The van der Waals surface area contributed by atoms with Crippen LogP contribution in [0.2, 0.25) is 10.4 Å². The molecule has 74 valence electrons. The first-order valence-electron chi connectivity index (χ1n) is 4.56. The van der Waals surface area contributed by atoms with Crippen LogP contribution >= 0.6 is 23.2 Å². The fourth-order valence-corrected chi connectivity index (χ4v) is 2.35. The average molecular weight is 237 g/mol. The van der Waals surface area contributed by atoms with Crippen molar-refractivity contribution in [3.05, 3.63) is 45.8 Å². The van der Waals surface area contributed by atoms with Crippen molar-refractivity contribution in [2.45, 2.75) is 6.42 Å².